The molecule has 9 nitrogen and oxygen atoms in total. The number of nitrogens with one attached hydrogen (secondary N) is 1. The fourth-order valence-electron chi connectivity index (χ4n) is 9.26. The van der Waals surface area contributed by atoms with Gasteiger partial charge in [0.2, 0.25) is 15.9 Å². The highest BCUT2D eigenvalue weighted by Crippen LogP contribution is 2.66. The highest BCUT2D eigenvalue weighted by molar-refractivity contribution is 7.89. The second-order valence-electron chi connectivity index (χ2n) is 15.1. The number of nitrogens with zero attached hydrogens (tertiary/aromatic N) is 3. The van der Waals surface area contributed by atoms with Crippen LogP contribution < -0.4 is 9.46 Å². The van der Waals surface area contributed by atoms with Gasteiger partial charge < -0.3 is 14.2 Å². The summed E-state index contributed by atoms with van der Waals surface area (Å²) in [4.78, 5) is 32.8. The Balaban J connectivity index is 1.23. The molecule has 3 fully saturated rings. The van der Waals surface area contributed by atoms with Gasteiger partial charge in [-0.1, -0.05) is 55.7 Å². The van der Waals surface area contributed by atoms with Gasteiger partial charge in [0.05, 0.1) is 24.5 Å². The number of hydrogen-bond donors (Lipinski definition) is 1. The summed E-state index contributed by atoms with van der Waals surface area (Å²) in [5.41, 5.74) is 6.50. The van der Waals surface area contributed by atoms with Gasteiger partial charge >= 0.3 is 0 Å². The van der Waals surface area contributed by atoms with Crippen LogP contribution in [0.15, 0.2) is 66.7 Å². The Morgan fingerprint density at radius 3 is 2.48 bits per heavy atom. The van der Waals surface area contributed by atoms with E-state index in [0.717, 1.165) is 78.6 Å². The molecule has 3 heterocycles. The summed E-state index contributed by atoms with van der Waals surface area (Å²) < 4.78 is 34.2. The maximum atomic E-state index is 15.0. The standard InChI is InChI=1S/C40H46N4O5S/c1-26-23-42(24-27-10-6-4-7-11-27)18-19-43(26)39(46)40-22-34(40)33-21-30(49-2)15-17-31(33)37-36(28-12-8-5-9-13-28)32-16-14-29(20-35(32)44(37)25-40)38(45)41-50(3,47)48/h4,6-7,10-11,14-17,20-21,26,28,34H,5,8-9,12-13,18-19,22-25H2,1-3H3,(H,41,45). The Bertz CT molecular complexity index is 2090. The topological polar surface area (TPSA) is 101 Å². The molecule has 4 aromatic rings. The number of aromatic nitrogens is 1. The van der Waals surface area contributed by atoms with E-state index in [4.69, 9.17) is 4.74 Å². The molecule has 4 aliphatic rings. The van der Waals surface area contributed by atoms with E-state index in [9.17, 15) is 13.2 Å². The zero-order chi connectivity index (χ0) is 34.8. The smallest absolute Gasteiger partial charge is 0.264 e. The lowest BCUT2D eigenvalue weighted by atomic mass is 9.81. The van der Waals surface area contributed by atoms with Crippen molar-refractivity contribution in [1.82, 2.24) is 19.1 Å². The van der Waals surface area contributed by atoms with Crippen molar-refractivity contribution in [3.8, 4) is 17.0 Å². The van der Waals surface area contributed by atoms with Gasteiger partial charge in [-0.25, -0.2) is 13.1 Å². The van der Waals surface area contributed by atoms with Crippen LogP contribution in [0.5, 0.6) is 5.75 Å². The summed E-state index contributed by atoms with van der Waals surface area (Å²) in [5, 5.41) is 1.08. The van der Waals surface area contributed by atoms with E-state index in [1.807, 2.05) is 24.3 Å². The minimum absolute atomic E-state index is 0.0421. The molecule has 2 amide bonds. The van der Waals surface area contributed by atoms with E-state index in [1.165, 1.54) is 30.4 Å². The number of hydrogen-bond acceptors (Lipinski definition) is 6. The fraction of sp³-hybridized carbons (Fsp3) is 0.450. The van der Waals surface area contributed by atoms with Gasteiger partial charge in [0.15, 0.2) is 0 Å². The molecule has 0 spiro atoms. The van der Waals surface area contributed by atoms with Crippen molar-refractivity contribution in [2.45, 2.75) is 76.4 Å². The maximum Gasteiger partial charge on any atom is 0.264 e. The van der Waals surface area contributed by atoms with Crippen LogP contribution in [-0.2, 0) is 27.9 Å². The molecule has 1 saturated heterocycles. The molecule has 3 atom stereocenters. The second-order valence-corrected chi connectivity index (χ2v) is 16.8. The van der Waals surface area contributed by atoms with Gasteiger partial charge in [-0.05, 0) is 79.1 Å². The van der Waals surface area contributed by atoms with E-state index in [-0.39, 0.29) is 23.4 Å². The molecule has 2 aliphatic heterocycles. The van der Waals surface area contributed by atoms with Crippen LogP contribution >= 0.6 is 0 Å². The van der Waals surface area contributed by atoms with Gasteiger partial charge in [0.1, 0.15) is 5.75 Å². The lowest BCUT2D eigenvalue weighted by Crippen LogP contribution is -2.56. The van der Waals surface area contributed by atoms with Crippen molar-refractivity contribution in [3.63, 3.8) is 0 Å². The predicted molar refractivity (Wildman–Crippen MR) is 195 cm³/mol. The molecule has 3 aromatic carbocycles. The molecule has 10 heteroatoms. The fourth-order valence-corrected chi connectivity index (χ4v) is 9.71. The summed E-state index contributed by atoms with van der Waals surface area (Å²) in [5.74, 6) is 0.721. The molecular weight excluding hydrogens is 649 g/mol. The van der Waals surface area contributed by atoms with Crippen LogP contribution in [-0.4, -0.2) is 73.6 Å². The van der Waals surface area contributed by atoms with Crippen LogP contribution in [0, 0.1) is 5.41 Å². The molecule has 3 unspecified atom stereocenters. The first-order valence-electron chi connectivity index (χ1n) is 18.0. The number of rotatable bonds is 7. The third-order valence-corrected chi connectivity index (χ3v) is 12.3. The van der Waals surface area contributed by atoms with Crippen LogP contribution in [0.25, 0.3) is 22.2 Å². The van der Waals surface area contributed by atoms with Crippen molar-refractivity contribution >= 4 is 32.7 Å². The summed E-state index contributed by atoms with van der Waals surface area (Å²) in [6.45, 7) is 5.84. The van der Waals surface area contributed by atoms with Crippen molar-refractivity contribution in [1.29, 1.82) is 0 Å². The monoisotopic (exact) mass is 694 g/mol. The van der Waals surface area contributed by atoms with Crippen molar-refractivity contribution in [3.05, 3.63) is 89.0 Å². The van der Waals surface area contributed by atoms with Gasteiger partial charge in [-0.3, -0.25) is 14.5 Å². The van der Waals surface area contributed by atoms with Gasteiger partial charge in [0.25, 0.3) is 5.91 Å². The van der Waals surface area contributed by atoms with Crippen molar-refractivity contribution in [2.75, 3.05) is 33.0 Å². The number of carbonyl (C=O) groups is 2. The third kappa shape index (κ3) is 5.80. The molecule has 2 aliphatic carbocycles. The Kier molecular flexibility index (Phi) is 8.30. The molecule has 262 valence electrons. The van der Waals surface area contributed by atoms with Gasteiger partial charge in [-0.15, -0.1) is 0 Å². The van der Waals surface area contributed by atoms with E-state index < -0.39 is 21.3 Å². The summed E-state index contributed by atoms with van der Waals surface area (Å²) in [6.07, 6.45) is 7.47. The number of piperazine rings is 1. The van der Waals surface area contributed by atoms with E-state index >= 15 is 4.79 Å². The first kappa shape index (κ1) is 33.0. The molecule has 50 heavy (non-hydrogen) atoms. The summed E-state index contributed by atoms with van der Waals surface area (Å²) in [7, 11) is -2.05. The Morgan fingerprint density at radius 2 is 1.76 bits per heavy atom. The van der Waals surface area contributed by atoms with Crippen LogP contribution in [0.2, 0.25) is 0 Å². The molecule has 1 aromatic heterocycles. The highest BCUT2D eigenvalue weighted by Gasteiger charge is 2.64. The first-order chi connectivity index (χ1) is 24.1. The summed E-state index contributed by atoms with van der Waals surface area (Å²) >= 11 is 0. The number of methoxy groups -OCH3 is 1. The zero-order valence-corrected chi connectivity index (χ0v) is 30.0. The zero-order valence-electron chi connectivity index (χ0n) is 29.2. The molecule has 0 radical (unpaired) electrons. The largest absolute Gasteiger partial charge is 0.497 e. The average Bonchev–Trinajstić information content (AvgIpc) is 3.78. The lowest BCUT2D eigenvalue weighted by molar-refractivity contribution is -0.142. The first-order valence-corrected chi connectivity index (χ1v) is 19.9. The Morgan fingerprint density at radius 1 is 0.980 bits per heavy atom. The van der Waals surface area contributed by atoms with E-state index in [1.54, 1.807) is 13.2 Å². The van der Waals surface area contributed by atoms with E-state index in [0.29, 0.717) is 19.0 Å². The molecular formula is C40H46N4O5S. The Labute approximate surface area is 294 Å². The van der Waals surface area contributed by atoms with E-state index in [2.05, 4.69) is 62.4 Å². The number of ether oxygens (including phenoxy) is 1. The second kappa shape index (κ2) is 12.6. The normalized spacial score (nSPS) is 23.8. The molecule has 0 bridgehead atoms. The SMILES string of the molecule is COc1ccc2c(c1)C1CC1(C(=O)N1CCN(Cc3ccccc3)CC1C)Cn1c-2c(C2CCCCC2)c2ccc(C(=O)NS(C)(=O)=O)cc21. The quantitative estimate of drug-likeness (QED) is 0.245. The molecule has 1 N–H and O–H groups in total. The molecule has 2 saturated carbocycles. The number of carbonyl (C=O) groups excluding carboxylic acids is 2. The molecule has 8 rings (SSSR count). The Hall–Kier alpha value is -4.15. The maximum absolute atomic E-state index is 15.0. The average molecular weight is 695 g/mol. The van der Waals surface area contributed by atoms with Crippen LogP contribution in [0.3, 0.4) is 0 Å². The predicted octanol–water partition coefficient (Wildman–Crippen LogP) is 6.27. The van der Waals surface area contributed by atoms with Gasteiger partial charge in [-0.2, -0.15) is 0 Å². The van der Waals surface area contributed by atoms with Gasteiger partial charge in [0, 0.05) is 66.7 Å². The van der Waals surface area contributed by atoms with Crippen molar-refractivity contribution < 1.29 is 22.7 Å². The third-order valence-electron chi connectivity index (χ3n) is 11.7. The minimum atomic E-state index is -3.74. The minimum Gasteiger partial charge on any atom is -0.497 e. The number of amides is 2. The highest BCUT2D eigenvalue weighted by atomic mass is 32.2. The number of fused-ring (bicyclic) bond motifs is 7. The summed E-state index contributed by atoms with van der Waals surface area (Å²) in [6, 6.07) is 22.4. The lowest BCUT2D eigenvalue weighted by Gasteiger charge is -2.41. The van der Waals surface area contributed by atoms with Crippen LogP contribution in [0.4, 0.5) is 0 Å². The number of sulfonamides is 1. The van der Waals surface area contributed by atoms with Crippen molar-refractivity contribution in [2.24, 2.45) is 5.41 Å². The number of benzene rings is 3. The van der Waals surface area contributed by atoms with Crippen LogP contribution in [0.1, 0.15) is 84.3 Å².